The molecule has 224 valence electrons. The van der Waals surface area contributed by atoms with Crippen molar-refractivity contribution in [2.75, 3.05) is 10.8 Å². The Morgan fingerprint density at radius 2 is 1.30 bits per heavy atom. The normalized spacial score (nSPS) is 12.3. The summed E-state index contributed by atoms with van der Waals surface area (Å²) in [5, 5.41) is 3.04. The van der Waals surface area contributed by atoms with Gasteiger partial charge in [0.05, 0.1) is 10.6 Å². The molecule has 0 unspecified atom stereocenters. The van der Waals surface area contributed by atoms with Gasteiger partial charge in [0.1, 0.15) is 12.6 Å². The quantitative estimate of drug-likeness (QED) is 0.207. The molecule has 0 radical (unpaired) electrons. The van der Waals surface area contributed by atoms with E-state index >= 15 is 0 Å². The number of benzene rings is 4. The van der Waals surface area contributed by atoms with Gasteiger partial charge < -0.3 is 10.2 Å². The highest BCUT2D eigenvalue weighted by atomic mass is 79.9. The number of carbonyl (C=O) groups excluding carboxylic acids is 2. The van der Waals surface area contributed by atoms with E-state index in [1.54, 1.807) is 48.5 Å². The number of hydrogen-bond acceptors (Lipinski definition) is 4. The molecule has 0 aliphatic carbocycles. The van der Waals surface area contributed by atoms with Crippen molar-refractivity contribution in [3.8, 4) is 0 Å². The fourth-order valence-corrected chi connectivity index (χ4v) is 6.34. The smallest absolute Gasteiger partial charge is 0.264 e. The fraction of sp³-hybridized carbons (Fsp3) is 0.235. The minimum Gasteiger partial charge on any atom is -0.350 e. The number of nitrogens with zero attached hydrogens (tertiary/aromatic N) is 2. The molecule has 0 heterocycles. The maximum atomic E-state index is 14.4. The summed E-state index contributed by atoms with van der Waals surface area (Å²) < 4.78 is 29.9. The molecule has 0 aromatic heterocycles. The van der Waals surface area contributed by atoms with Crippen LogP contribution >= 0.6 is 15.9 Å². The van der Waals surface area contributed by atoms with Gasteiger partial charge in [0.15, 0.2) is 0 Å². The number of hydrogen-bond donors (Lipinski definition) is 1. The van der Waals surface area contributed by atoms with E-state index < -0.39 is 34.1 Å². The molecule has 0 saturated heterocycles. The van der Waals surface area contributed by atoms with Gasteiger partial charge in [-0.25, -0.2) is 8.42 Å². The maximum absolute atomic E-state index is 14.4. The van der Waals surface area contributed by atoms with Gasteiger partial charge in [0, 0.05) is 23.0 Å². The van der Waals surface area contributed by atoms with E-state index in [1.807, 2.05) is 75.4 Å². The lowest BCUT2D eigenvalue weighted by atomic mass is 10.0. The molecule has 0 fully saturated rings. The molecule has 4 aromatic rings. The van der Waals surface area contributed by atoms with E-state index in [-0.39, 0.29) is 23.8 Å². The topological polar surface area (TPSA) is 86.8 Å². The van der Waals surface area contributed by atoms with Crippen LogP contribution in [-0.4, -0.2) is 43.3 Å². The molecule has 0 saturated carbocycles. The van der Waals surface area contributed by atoms with E-state index in [0.717, 1.165) is 19.9 Å². The third-order valence-corrected chi connectivity index (χ3v) is 9.01. The Labute approximate surface area is 262 Å². The van der Waals surface area contributed by atoms with Crippen molar-refractivity contribution in [3.63, 3.8) is 0 Å². The predicted octanol–water partition coefficient (Wildman–Crippen LogP) is 6.20. The zero-order valence-corrected chi connectivity index (χ0v) is 26.9. The van der Waals surface area contributed by atoms with Crippen LogP contribution in [0.1, 0.15) is 31.9 Å². The van der Waals surface area contributed by atoms with Crippen molar-refractivity contribution in [2.24, 2.45) is 0 Å². The van der Waals surface area contributed by atoms with Crippen LogP contribution in [0.3, 0.4) is 0 Å². The largest absolute Gasteiger partial charge is 0.350 e. The lowest BCUT2D eigenvalue weighted by Crippen LogP contribution is -2.56. The van der Waals surface area contributed by atoms with E-state index in [2.05, 4.69) is 21.2 Å². The number of anilines is 1. The highest BCUT2D eigenvalue weighted by Crippen LogP contribution is 2.25. The van der Waals surface area contributed by atoms with Crippen LogP contribution in [-0.2, 0) is 32.6 Å². The number of rotatable bonds is 11. The van der Waals surface area contributed by atoms with Gasteiger partial charge in [-0.3, -0.25) is 13.9 Å². The number of amides is 2. The molecule has 43 heavy (non-hydrogen) atoms. The molecule has 2 amide bonds. The standard InChI is InChI=1S/C34H36BrN3O4S/c1-34(2,3)36-33(40)31(23-26-13-7-4-8-14-26)37(24-27-19-21-28(35)22-20-27)32(39)25-38(29-15-9-5-10-16-29)43(41,42)30-17-11-6-12-18-30/h4-22,31H,23-25H2,1-3H3,(H,36,40)/t31-/m0/s1. The van der Waals surface area contributed by atoms with Crippen molar-refractivity contribution in [2.45, 2.75) is 50.2 Å². The molecular weight excluding hydrogens is 626 g/mol. The summed E-state index contributed by atoms with van der Waals surface area (Å²) >= 11 is 3.45. The van der Waals surface area contributed by atoms with Crippen LogP contribution in [0.4, 0.5) is 5.69 Å². The molecule has 7 nitrogen and oxygen atoms in total. The van der Waals surface area contributed by atoms with Crippen molar-refractivity contribution in [1.82, 2.24) is 10.2 Å². The molecule has 4 aromatic carbocycles. The Bertz CT molecular complexity index is 1610. The second-order valence-corrected chi connectivity index (χ2v) is 14.0. The average molecular weight is 663 g/mol. The first kappa shape index (κ1) is 32.0. The number of sulfonamides is 1. The summed E-state index contributed by atoms with van der Waals surface area (Å²) in [7, 11) is -4.12. The Hall–Kier alpha value is -3.95. The Morgan fingerprint density at radius 1 is 0.767 bits per heavy atom. The summed E-state index contributed by atoms with van der Waals surface area (Å²) in [5.41, 5.74) is 1.48. The monoisotopic (exact) mass is 661 g/mol. The van der Waals surface area contributed by atoms with E-state index in [9.17, 15) is 18.0 Å². The van der Waals surface area contributed by atoms with Crippen LogP contribution in [0.2, 0.25) is 0 Å². The molecule has 4 rings (SSSR count). The molecule has 9 heteroatoms. The van der Waals surface area contributed by atoms with Crippen molar-refractivity contribution < 1.29 is 18.0 Å². The van der Waals surface area contributed by atoms with Gasteiger partial charge in [-0.05, 0) is 68.3 Å². The lowest BCUT2D eigenvalue weighted by Gasteiger charge is -2.35. The Morgan fingerprint density at radius 3 is 1.86 bits per heavy atom. The SMILES string of the molecule is CC(C)(C)NC(=O)[C@H](Cc1ccccc1)N(Cc1ccc(Br)cc1)C(=O)CN(c1ccccc1)S(=O)(=O)c1ccccc1. The van der Waals surface area contributed by atoms with Crippen LogP contribution < -0.4 is 9.62 Å². The van der Waals surface area contributed by atoms with Crippen LogP contribution in [0.15, 0.2) is 125 Å². The van der Waals surface area contributed by atoms with E-state index in [4.69, 9.17) is 0 Å². The van der Waals surface area contributed by atoms with Crippen molar-refractivity contribution >= 4 is 43.5 Å². The molecule has 0 spiro atoms. The Kier molecular flexibility index (Phi) is 10.4. The van der Waals surface area contributed by atoms with Crippen LogP contribution in [0.25, 0.3) is 0 Å². The van der Waals surface area contributed by atoms with Gasteiger partial charge in [-0.15, -0.1) is 0 Å². The number of para-hydroxylation sites is 1. The van der Waals surface area contributed by atoms with Gasteiger partial charge in [0.25, 0.3) is 10.0 Å². The van der Waals surface area contributed by atoms with Gasteiger partial charge >= 0.3 is 0 Å². The minimum absolute atomic E-state index is 0.0671. The molecule has 1 N–H and O–H groups in total. The fourth-order valence-electron chi connectivity index (χ4n) is 4.64. The van der Waals surface area contributed by atoms with Gasteiger partial charge in [0.2, 0.25) is 11.8 Å². The minimum atomic E-state index is -4.12. The first-order chi connectivity index (χ1) is 20.4. The summed E-state index contributed by atoms with van der Waals surface area (Å²) in [5.74, 6) is -0.824. The summed E-state index contributed by atoms with van der Waals surface area (Å²) in [6.07, 6.45) is 0.252. The average Bonchev–Trinajstić information content (AvgIpc) is 2.99. The van der Waals surface area contributed by atoms with Gasteiger partial charge in [-0.2, -0.15) is 0 Å². The van der Waals surface area contributed by atoms with Crippen molar-refractivity contribution in [1.29, 1.82) is 0 Å². The molecule has 1 atom stereocenters. The molecular formula is C34H36BrN3O4S. The lowest BCUT2D eigenvalue weighted by molar-refractivity contribution is -0.140. The maximum Gasteiger partial charge on any atom is 0.264 e. The summed E-state index contributed by atoms with van der Waals surface area (Å²) in [6.45, 7) is 5.26. The molecule has 0 bridgehead atoms. The number of halogens is 1. The van der Waals surface area contributed by atoms with E-state index in [1.165, 1.54) is 17.0 Å². The highest BCUT2D eigenvalue weighted by molar-refractivity contribution is 9.10. The van der Waals surface area contributed by atoms with Crippen LogP contribution in [0.5, 0.6) is 0 Å². The Balaban J connectivity index is 1.79. The molecule has 0 aliphatic rings. The number of nitrogens with one attached hydrogen (secondary N) is 1. The second kappa shape index (κ2) is 14.0. The third-order valence-electron chi connectivity index (χ3n) is 6.69. The number of carbonyl (C=O) groups is 2. The molecule has 0 aliphatic heterocycles. The third kappa shape index (κ3) is 8.78. The summed E-state index contributed by atoms with van der Waals surface area (Å²) in [4.78, 5) is 29.9. The predicted molar refractivity (Wildman–Crippen MR) is 174 cm³/mol. The van der Waals surface area contributed by atoms with Gasteiger partial charge in [-0.1, -0.05) is 94.8 Å². The first-order valence-electron chi connectivity index (χ1n) is 14.0. The zero-order chi connectivity index (χ0) is 31.0. The zero-order valence-electron chi connectivity index (χ0n) is 24.5. The van der Waals surface area contributed by atoms with Crippen LogP contribution in [0, 0.1) is 0 Å². The summed E-state index contributed by atoms with van der Waals surface area (Å²) in [6, 6.07) is 32.6. The first-order valence-corrected chi connectivity index (χ1v) is 16.2. The van der Waals surface area contributed by atoms with E-state index in [0.29, 0.717) is 5.69 Å². The highest BCUT2D eigenvalue weighted by Gasteiger charge is 2.35. The second-order valence-electron chi connectivity index (χ2n) is 11.3. The van der Waals surface area contributed by atoms with Crippen molar-refractivity contribution in [3.05, 3.63) is 131 Å².